The average molecular weight is 510 g/mol. The van der Waals surface area contributed by atoms with E-state index in [1.54, 1.807) is 32.9 Å². The van der Waals surface area contributed by atoms with Gasteiger partial charge < -0.3 is 4.52 Å². The summed E-state index contributed by atoms with van der Waals surface area (Å²) in [5.41, 5.74) is 4.68. The predicted octanol–water partition coefficient (Wildman–Crippen LogP) is 6.31. The molecule has 1 atom stereocenters. The normalized spacial score (nSPS) is 17.3. The Bertz CT molecular complexity index is 1570. The molecule has 5 rings (SSSR count). The number of nitrogens with zero attached hydrogens (tertiary/aromatic N) is 5. The van der Waals surface area contributed by atoms with Gasteiger partial charge in [-0.05, 0) is 74.7 Å². The van der Waals surface area contributed by atoms with Gasteiger partial charge in [0.05, 0.1) is 22.6 Å². The number of carbonyl (C=O) groups is 1. The molecule has 7 nitrogen and oxygen atoms in total. The predicted molar refractivity (Wildman–Crippen MR) is 141 cm³/mol. The van der Waals surface area contributed by atoms with Crippen LogP contribution in [0.1, 0.15) is 50.7 Å². The Morgan fingerprint density at radius 3 is 2.45 bits per heavy atom. The third kappa shape index (κ3) is 4.56. The minimum atomic E-state index is -0.614. The summed E-state index contributed by atoms with van der Waals surface area (Å²) in [6.07, 6.45) is 4.22. The molecule has 1 aliphatic rings. The van der Waals surface area contributed by atoms with Crippen molar-refractivity contribution in [2.75, 3.05) is 0 Å². The lowest BCUT2D eigenvalue weighted by atomic mass is 9.72. The third-order valence-corrected chi connectivity index (χ3v) is 7.02. The zero-order valence-corrected chi connectivity index (χ0v) is 21.8. The number of ketones is 1. The lowest BCUT2D eigenvalue weighted by Crippen LogP contribution is -2.29. The van der Waals surface area contributed by atoms with E-state index in [2.05, 4.69) is 23.1 Å². The number of carbonyl (C=O) groups excluding carboxylic acids is 1. The molecule has 0 unspecified atom stereocenters. The highest BCUT2D eigenvalue weighted by Gasteiger charge is 2.38. The van der Waals surface area contributed by atoms with Crippen molar-refractivity contribution in [2.24, 2.45) is 5.92 Å². The Hall–Kier alpha value is -4.38. The van der Waals surface area contributed by atoms with Gasteiger partial charge in [0, 0.05) is 28.0 Å². The first kappa shape index (κ1) is 25.3. The van der Waals surface area contributed by atoms with E-state index >= 15 is 0 Å². The van der Waals surface area contributed by atoms with Crippen molar-refractivity contribution < 1.29 is 13.7 Å². The fourth-order valence-electron chi connectivity index (χ4n) is 5.14. The summed E-state index contributed by atoms with van der Waals surface area (Å²) in [6, 6.07) is 16.1. The zero-order valence-electron chi connectivity index (χ0n) is 21.8. The van der Waals surface area contributed by atoms with Crippen LogP contribution in [0, 0.1) is 30.0 Å². The standard InChI is InChI=1S/C30H28FN5O2/c1-18(2)27(37)22(17-32)16-30(4)15-5-6-25-26(20-7-11-23(31)12-8-20)34-36(28(25)30)24-13-9-21(10-14-24)29-33-19(3)35-38-29/h7-14,16,18H,5-6,15H2,1-4H3/b22-16-/t30-/m0/s1. The Labute approximate surface area is 220 Å². The smallest absolute Gasteiger partial charge is 0.257 e. The van der Waals surface area contributed by atoms with Crippen LogP contribution >= 0.6 is 0 Å². The Morgan fingerprint density at radius 1 is 1.16 bits per heavy atom. The van der Waals surface area contributed by atoms with E-state index < -0.39 is 5.41 Å². The van der Waals surface area contributed by atoms with Crippen molar-refractivity contribution in [2.45, 2.75) is 52.4 Å². The lowest BCUT2D eigenvalue weighted by molar-refractivity contribution is -0.117. The molecule has 0 saturated carbocycles. The fourth-order valence-corrected chi connectivity index (χ4v) is 5.14. The number of rotatable bonds is 6. The van der Waals surface area contributed by atoms with E-state index in [-0.39, 0.29) is 23.1 Å². The second-order valence-electron chi connectivity index (χ2n) is 10.2. The van der Waals surface area contributed by atoms with Gasteiger partial charge in [0.25, 0.3) is 5.89 Å². The highest BCUT2D eigenvalue weighted by Crippen LogP contribution is 2.44. The molecule has 2 aromatic heterocycles. The van der Waals surface area contributed by atoms with E-state index in [0.717, 1.165) is 53.0 Å². The van der Waals surface area contributed by atoms with Crippen LogP contribution in [0.5, 0.6) is 0 Å². The molecule has 0 bridgehead atoms. The molecule has 0 amide bonds. The largest absolute Gasteiger partial charge is 0.334 e. The summed E-state index contributed by atoms with van der Waals surface area (Å²) in [6.45, 7) is 7.41. The van der Waals surface area contributed by atoms with Gasteiger partial charge in [-0.2, -0.15) is 15.3 Å². The van der Waals surface area contributed by atoms with Crippen molar-refractivity contribution in [1.29, 1.82) is 5.26 Å². The first-order valence-electron chi connectivity index (χ1n) is 12.7. The van der Waals surface area contributed by atoms with E-state index in [0.29, 0.717) is 11.7 Å². The van der Waals surface area contributed by atoms with Gasteiger partial charge in [-0.1, -0.05) is 32.0 Å². The maximum atomic E-state index is 13.7. The summed E-state index contributed by atoms with van der Waals surface area (Å²) >= 11 is 0. The molecule has 38 heavy (non-hydrogen) atoms. The molecule has 4 aromatic rings. The van der Waals surface area contributed by atoms with Crippen molar-refractivity contribution in [1.82, 2.24) is 19.9 Å². The molecular weight excluding hydrogens is 481 g/mol. The molecule has 0 fully saturated rings. The van der Waals surface area contributed by atoms with Crippen LogP contribution in [0.25, 0.3) is 28.4 Å². The second-order valence-corrected chi connectivity index (χ2v) is 10.2. The van der Waals surface area contributed by atoms with Gasteiger partial charge in [-0.15, -0.1) is 0 Å². The number of fused-ring (bicyclic) bond motifs is 1. The van der Waals surface area contributed by atoms with Crippen molar-refractivity contribution in [3.63, 3.8) is 0 Å². The fraction of sp³-hybridized carbons (Fsp3) is 0.300. The quantitative estimate of drug-likeness (QED) is 0.223. The first-order valence-corrected chi connectivity index (χ1v) is 12.7. The van der Waals surface area contributed by atoms with Crippen LogP contribution in [0.4, 0.5) is 4.39 Å². The highest BCUT2D eigenvalue weighted by molar-refractivity contribution is 6.00. The molecule has 0 N–H and O–H groups in total. The van der Waals surface area contributed by atoms with Gasteiger partial charge in [0.1, 0.15) is 11.9 Å². The molecular formula is C30H28FN5O2. The molecule has 2 heterocycles. The number of Topliss-reactive ketones (excluding diaryl/α,β-unsaturated/α-hetero) is 1. The van der Waals surface area contributed by atoms with E-state index in [4.69, 9.17) is 9.62 Å². The van der Waals surface area contributed by atoms with Crippen molar-refractivity contribution in [3.8, 4) is 34.5 Å². The molecule has 8 heteroatoms. The van der Waals surface area contributed by atoms with Crippen LogP contribution in [-0.2, 0) is 16.6 Å². The third-order valence-electron chi connectivity index (χ3n) is 7.02. The lowest BCUT2D eigenvalue weighted by Gasteiger charge is -2.33. The SMILES string of the molecule is Cc1noc(-c2ccc(-n3nc(-c4ccc(F)cc4)c4c3[C@](C)(/C=C(/C#N)C(=O)C(C)C)CCC4)cc2)n1. The van der Waals surface area contributed by atoms with Crippen molar-refractivity contribution >= 4 is 5.78 Å². The number of aryl methyl sites for hydroxylation is 1. The Balaban J connectivity index is 1.70. The molecule has 2 aromatic carbocycles. The highest BCUT2D eigenvalue weighted by atomic mass is 19.1. The van der Waals surface area contributed by atoms with Gasteiger partial charge >= 0.3 is 0 Å². The van der Waals surface area contributed by atoms with Gasteiger partial charge in [-0.25, -0.2) is 9.07 Å². The number of nitriles is 1. The minimum Gasteiger partial charge on any atom is -0.334 e. The molecule has 0 spiro atoms. The van der Waals surface area contributed by atoms with Crippen LogP contribution in [0.2, 0.25) is 0 Å². The van der Waals surface area contributed by atoms with Gasteiger partial charge in [0.15, 0.2) is 11.6 Å². The topological polar surface area (TPSA) is 97.6 Å². The molecule has 0 aliphatic heterocycles. The van der Waals surface area contributed by atoms with Crippen LogP contribution < -0.4 is 0 Å². The zero-order chi connectivity index (χ0) is 27.0. The van der Waals surface area contributed by atoms with Crippen LogP contribution in [-0.4, -0.2) is 25.7 Å². The first-order chi connectivity index (χ1) is 18.2. The maximum Gasteiger partial charge on any atom is 0.257 e. The number of allylic oxidation sites excluding steroid dienone is 2. The summed E-state index contributed by atoms with van der Waals surface area (Å²) in [5, 5.41) is 18.7. The van der Waals surface area contributed by atoms with Gasteiger partial charge in [0.2, 0.25) is 0 Å². The Morgan fingerprint density at radius 2 is 1.84 bits per heavy atom. The van der Waals surface area contributed by atoms with Crippen LogP contribution in [0.15, 0.2) is 64.7 Å². The van der Waals surface area contributed by atoms with E-state index in [1.807, 2.05) is 35.0 Å². The van der Waals surface area contributed by atoms with E-state index in [9.17, 15) is 14.4 Å². The number of benzene rings is 2. The molecule has 192 valence electrons. The molecule has 0 radical (unpaired) electrons. The molecule has 1 aliphatic carbocycles. The average Bonchev–Trinajstić information content (AvgIpc) is 3.52. The Kier molecular flexibility index (Phi) is 6.53. The summed E-state index contributed by atoms with van der Waals surface area (Å²) < 4.78 is 20.9. The van der Waals surface area contributed by atoms with Gasteiger partial charge in [-0.3, -0.25) is 4.79 Å². The number of aromatic nitrogens is 4. The number of hydrogen-bond donors (Lipinski definition) is 0. The summed E-state index contributed by atoms with van der Waals surface area (Å²) in [5.74, 6) is 0.216. The monoisotopic (exact) mass is 509 g/mol. The number of halogens is 1. The van der Waals surface area contributed by atoms with E-state index in [1.165, 1.54) is 12.1 Å². The second kappa shape index (κ2) is 9.82. The van der Waals surface area contributed by atoms with Crippen molar-refractivity contribution in [3.05, 3.63) is 83.1 Å². The minimum absolute atomic E-state index is 0.161. The van der Waals surface area contributed by atoms with Crippen LogP contribution in [0.3, 0.4) is 0 Å². The number of hydrogen-bond acceptors (Lipinski definition) is 6. The molecule has 0 saturated heterocycles. The summed E-state index contributed by atoms with van der Waals surface area (Å²) in [7, 11) is 0. The summed E-state index contributed by atoms with van der Waals surface area (Å²) in [4.78, 5) is 17.1. The maximum absolute atomic E-state index is 13.7.